The molecule has 0 aliphatic heterocycles. The van der Waals surface area contributed by atoms with Gasteiger partial charge in [0.05, 0.1) is 22.4 Å². The van der Waals surface area contributed by atoms with E-state index in [1.54, 1.807) is 12.1 Å². The Hall–Kier alpha value is -1.38. The minimum Gasteiger partial charge on any atom is -0.289 e. The smallest absolute Gasteiger partial charge is 0.181 e. The zero-order valence-corrected chi connectivity index (χ0v) is 7.85. The molecule has 0 unspecified atom stereocenters. The van der Waals surface area contributed by atoms with E-state index in [1.807, 2.05) is 6.19 Å². The molecule has 1 heterocycles. The number of aromatic nitrogens is 2. The van der Waals surface area contributed by atoms with Crippen LogP contribution in [0.25, 0.3) is 11.0 Å². The zero-order chi connectivity index (χ0) is 9.26. The van der Waals surface area contributed by atoms with Gasteiger partial charge in [-0.2, -0.15) is 14.0 Å². The van der Waals surface area contributed by atoms with Crippen molar-refractivity contribution in [2.24, 2.45) is 0 Å². The number of anilines is 1. The Kier molecular flexibility index (Phi) is 2.00. The van der Waals surface area contributed by atoms with Crippen molar-refractivity contribution in [2.75, 3.05) is 5.32 Å². The fraction of sp³-hybridized carbons (Fsp3) is 0. The minimum absolute atomic E-state index is 0.474. The Morgan fingerprint density at radius 3 is 3.08 bits per heavy atom. The quantitative estimate of drug-likeness (QED) is 0.579. The maximum Gasteiger partial charge on any atom is 0.181 e. The van der Waals surface area contributed by atoms with Crippen molar-refractivity contribution in [1.82, 2.24) is 8.75 Å². The van der Waals surface area contributed by atoms with Gasteiger partial charge >= 0.3 is 0 Å². The van der Waals surface area contributed by atoms with Crippen molar-refractivity contribution in [3.8, 4) is 6.19 Å². The van der Waals surface area contributed by atoms with Gasteiger partial charge in [0.15, 0.2) is 6.19 Å². The number of rotatable bonds is 1. The summed E-state index contributed by atoms with van der Waals surface area (Å²) in [6, 6.07) is 3.45. The van der Waals surface area contributed by atoms with E-state index in [9.17, 15) is 0 Å². The molecule has 1 aromatic heterocycles. The molecule has 0 spiro atoms. The summed E-state index contributed by atoms with van der Waals surface area (Å²) in [4.78, 5) is 0. The lowest BCUT2D eigenvalue weighted by Crippen LogP contribution is -1.89. The lowest BCUT2D eigenvalue weighted by molar-refractivity contribution is 1.47. The van der Waals surface area contributed by atoms with Gasteiger partial charge in [0.25, 0.3) is 0 Å². The molecule has 13 heavy (non-hydrogen) atoms. The third kappa shape index (κ3) is 1.30. The summed E-state index contributed by atoms with van der Waals surface area (Å²) in [6.45, 7) is 0. The fourth-order valence-corrected chi connectivity index (χ4v) is 1.74. The first-order valence-corrected chi connectivity index (χ1v) is 4.49. The summed E-state index contributed by atoms with van der Waals surface area (Å²) in [5, 5.41) is 11.4. The lowest BCUT2D eigenvalue weighted by Gasteiger charge is -1.99. The van der Waals surface area contributed by atoms with Crippen molar-refractivity contribution in [1.29, 1.82) is 5.26 Å². The molecule has 0 saturated carbocycles. The van der Waals surface area contributed by atoms with Crippen molar-refractivity contribution < 1.29 is 0 Å². The number of nitrogens with one attached hydrogen (secondary N) is 1. The van der Waals surface area contributed by atoms with Crippen molar-refractivity contribution in [2.45, 2.75) is 0 Å². The van der Waals surface area contributed by atoms with Gasteiger partial charge in [0, 0.05) is 0 Å². The number of fused-ring (bicyclic) bond motifs is 1. The molecule has 6 heteroatoms. The number of hydrogen-bond acceptors (Lipinski definition) is 5. The third-order valence-corrected chi connectivity index (χ3v) is 2.42. The molecule has 2 aromatic rings. The summed E-state index contributed by atoms with van der Waals surface area (Å²) >= 11 is 6.96. The molecular weight excluding hydrogens is 208 g/mol. The highest BCUT2D eigenvalue weighted by atomic mass is 35.5. The highest BCUT2D eigenvalue weighted by Crippen LogP contribution is 2.29. The Balaban J connectivity index is 2.74. The molecule has 0 radical (unpaired) electrons. The SMILES string of the molecule is N#CNc1c(Cl)ccc2nsnc12. The second kappa shape index (κ2) is 3.17. The molecule has 0 fully saturated rings. The van der Waals surface area contributed by atoms with E-state index in [0.717, 1.165) is 17.2 Å². The Morgan fingerprint density at radius 2 is 2.31 bits per heavy atom. The van der Waals surface area contributed by atoms with E-state index in [1.165, 1.54) is 0 Å². The largest absolute Gasteiger partial charge is 0.289 e. The van der Waals surface area contributed by atoms with Gasteiger partial charge in [0.2, 0.25) is 0 Å². The van der Waals surface area contributed by atoms with E-state index in [2.05, 4.69) is 14.1 Å². The third-order valence-electron chi connectivity index (χ3n) is 1.56. The molecule has 1 N–H and O–H groups in total. The first-order valence-electron chi connectivity index (χ1n) is 3.39. The highest BCUT2D eigenvalue weighted by Gasteiger charge is 2.08. The van der Waals surface area contributed by atoms with Crippen LogP contribution >= 0.6 is 23.3 Å². The molecule has 0 amide bonds. The molecule has 0 atom stereocenters. The summed E-state index contributed by atoms with van der Waals surface area (Å²) < 4.78 is 8.06. The minimum atomic E-state index is 0.474. The molecule has 0 saturated heterocycles. The molecule has 64 valence electrons. The van der Waals surface area contributed by atoms with E-state index in [0.29, 0.717) is 16.2 Å². The molecule has 4 nitrogen and oxygen atoms in total. The van der Waals surface area contributed by atoms with E-state index >= 15 is 0 Å². The summed E-state index contributed by atoms with van der Waals surface area (Å²) in [7, 11) is 0. The number of hydrogen-bond donors (Lipinski definition) is 1. The van der Waals surface area contributed by atoms with Crippen molar-refractivity contribution >= 4 is 40.0 Å². The van der Waals surface area contributed by atoms with Crippen LogP contribution in [-0.2, 0) is 0 Å². The Morgan fingerprint density at radius 1 is 1.46 bits per heavy atom. The predicted molar refractivity (Wildman–Crippen MR) is 51.7 cm³/mol. The fourth-order valence-electron chi connectivity index (χ4n) is 1.00. The average Bonchev–Trinajstić information content (AvgIpc) is 2.58. The Bertz CT molecular complexity index is 487. The van der Waals surface area contributed by atoms with Crippen LogP contribution in [0.15, 0.2) is 12.1 Å². The van der Waals surface area contributed by atoms with Gasteiger partial charge in [-0.15, -0.1) is 0 Å². The molecule has 1 aromatic carbocycles. The number of nitriles is 1. The van der Waals surface area contributed by atoms with Gasteiger partial charge in [-0.1, -0.05) is 11.6 Å². The normalized spacial score (nSPS) is 9.85. The molecule has 0 bridgehead atoms. The number of halogens is 1. The monoisotopic (exact) mass is 210 g/mol. The molecule has 2 rings (SSSR count). The maximum absolute atomic E-state index is 8.48. The second-order valence-corrected chi connectivity index (χ2v) is 3.23. The van der Waals surface area contributed by atoms with Gasteiger partial charge in [-0.25, -0.2) is 0 Å². The summed E-state index contributed by atoms with van der Waals surface area (Å²) in [6.07, 6.45) is 1.81. The summed E-state index contributed by atoms with van der Waals surface area (Å²) in [5.41, 5.74) is 1.90. The predicted octanol–water partition coefficient (Wildman–Crippen LogP) is 2.24. The first-order chi connectivity index (χ1) is 6.33. The highest BCUT2D eigenvalue weighted by molar-refractivity contribution is 7.00. The Labute approximate surface area is 83.1 Å². The first kappa shape index (κ1) is 8.23. The van der Waals surface area contributed by atoms with Crippen LogP contribution in [0.2, 0.25) is 5.02 Å². The van der Waals surface area contributed by atoms with Crippen LogP contribution in [0.1, 0.15) is 0 Å². The van der Waals surface area contributed by atoms with Crippen LogP contribution in [0, 0.1) is 11.5 Å². The van der Waals surface area contributed by atoms with Crippen LogP contribution in [0.3, 0.4) is 0 Å². The van der Waals surface area contributed by atoms with Gasteiger partial charge in [0.1, 0.15) is 11.0 Å². The van der Waals surface area contributed by atoms with Crippen LogP contribution in [-0.4, -0.2) is 8.75 Å². The zero-order valence-electron chi connectivity index (χ0n) is 6.28. The van der Waals surface area contributed by atoms with E-state index in [4.69, 9.17) is 16.9 Å². The lowest BCUT2D eigenvalue weighted by atomic mass is 10.2. The molecular formula is C7H3ClN4S. The van der Waals surface area contributed by atoms with Gasteiger partial charge < -0.3 is 0 Å². The average molecular weight is 211 g/mol. The van der Waals surface area contributed by atoms with E-state index in [-0.39, 0.29) is 0 Å². The second-order valence-electron chi connectivity index (χ2n) is 2.29. The van der Waals surface area contributed by atoms with Crippen LogP contribution < -0.4 is 5.32 Å². The van der Waals surface area contributed by atoms with Gasteiger partial charge in [-0.05, 0) is 12.1 Å². The molecule has 0 aliphatic carbocycles. The van der Waals surface area contributed by atoms with Crippen molar-refractivity contribution in [3.63, 3.8) is 0 Å². The summed E-state index contributed by atoms with van der Waals surface area (Å²) in [5.74, 6) is 0. The van der Waals surface area contributed by atoms with Crippen LogP contribution in [0.5, 0.6) is 0 Å². The maximum atomic E-state index is 8.48. The van der Waals surface area contributed by atoms with Crippen molar-refractivity contribution in [3.05, 3.63) is 17.2 Å². The van der Waals surface area contributed by atoms with E-state index < -0.39 is 0 Å². The van der Waals surface area contributed by atoms with Crippen LogP contribution in [0.4, 0.5) is 5.69 Å². The standard InChI is InChI=1S/C7H3ClN4S/c8-4-1-2-5-7(12-13-11-5)6(4)10-3-9/h1-2,10H. The van der Waals surface area contributed by atoms with Gasteiger partial charge in [-0.3, -0.25) is 5.32 Å². The number of nitrogens with zero attached hydrogens (tertiary/aromatic N) is 3. The molecule has 0 aliphatic rings. The topological polar surface area (TPSA) is 61.6 Å². The number of benzene rings is 1.